The lowest BCUT2D eigenvalue weighted by Gasteiger charge is -2.23. The molecule has 5 aromatic rings. The second-order valence-corrected chi connectivity index (χ2v) is 18.2. The maximum absolute atomic E-state index is 14.0. The third kappa shape index (κ3) is 7.66. The molecule has 0 saturated carbocycles. The normalized spacial score (nSPS) is 17.8. The lowest BCUT2D eigenvalue weighted by atomic mass is 9.98. The van der Waals surface area contributed by atoms with Gasteiger partial charge in [-0.05, 0) is 139 Å². The summed E-state index contributed by atoms with van der Waals surface area (Å²) in [4.78, 5) is 45.0. The van der Waals surface area contributed by atoms with Crippen molar-refractivity contribution in [2.45, 2.75) is 95.8 Å². The Hall–Kier alpha value is -5.74. The number of amides is 3. The van der Waals surface area contributed by atoms with Crippen LogP contribution >= 0.6 is 12.6 Å². The molecule has 2 atom stereocenters. The number of para-hydroxylation sites is 2. The van der Waals surface area contributed by atoms with Crippen LogP contribution in [-0.2, 0) is 43.7 Å². The van der Waals surface area contributed by atoms with E-state index in [1.165, 1.54) is 11.1 Å². The molecule has 0 aliphatic carbocycles. The molecule has 0 bridgehead atoms. The number of aryl methyl sites for hydroxylation is 3. The Morgan fingerprint density at radius 3 is 1.80 bits per heavy atom. The summed E-state index contributed by atoms with van der Waals surface area (Å²) in [7, 11) is 1.58. The van der Waals surface area contributed by atoms with Gasteiger partial charge in [-0.1, -0.05) is 50.2 Å². The highest BCUT2D eigenvalue weighted by atomic mass is 32.1. The number of carbonyl (C=O) groups excluding carboxylic acids is 3. The van der Waals surface area contributed by atoms with Crippen molar-refractivity contribution in [3.05, 3.63) is 141 Å². The van der Waals surface area contributed by atoms with Crippen LogP contribution in [0.3, 0.4) is 0 Å². The van der Waals surface area contributed by atoms with E-state index in [9.17, 15) is 14.4 Å². The van der Waals surface area contributed by atoms with Crippen molar-refractivity contribution < 1.29 is 28.6 Å². The Labute approximate surface area is 351 Å². The van der Waals surface area contributed by atoms with Gasteiger partial charge in [0.05, 0.1) is 7.11 Å². The number of thiol groups is 1. The molecule has 9 nitrogen and oxygen atoms in total. The molecular weight excluding hydrogens is 759 g/mol. The molecule has 0 radical (unpaired) electrons. The maximum atomic E-state index is 14.0. The van der Waals surface area contributed by atoms with Gasteiger partial charge in [0.15, 0.2) is 11.5 Å². The van der Waals surface area contributed by atoms with Crippen molar-refractivity contribution in [3.63, 3.8) is 0 Å². The minimum atomic E-state index is -0.484. The first-order chi connectivity index (χ1) is 28.4. The van der Waals surface area contributed by atoms with Crippen LogP contribution in [0, 0.1) is 6.92 Å². The minimum absolute atomic E-state index is 0.0165. The predicted octanol–water partition coefficient (Wildman–Crippen LogP) is 9.23. The first-order valence-electron chi connectivity index (χ1n) is 20.5. The summed E-state index contributed by atoms with van der Waals surface area (Å²) in [5.74, 6) is 1.62. The molecule has 4 aliphatic heterocycles. The zero-order valence-electron chi connectivity index (χ0n) is 34.0. The number of hydrogen-bond donors (Lipinski definition) is 2. The lowest BCUT2D eigenvalue weighted by molar-refractivity contribution is -0.116. The van der Waals surface area contributed by atoms with Crippen LogP contribution in [0.15, 0.2) is 91.0 Å². The van der Waals surface area contributed by atoms with Gasteiger partial charge in [-0.3, -0.25) is 14.4 Å². The number of ether oxygens (including phenoxy) is 3. The molecule has 10 heteroatoms. The summed E-state index contributed by atoms with van der Waals surface area (Å²) >= 11 is 4.57. The van der Waals surface area contributed by atoms with Crippen molar-refractivity contribution in [1.29, 1.82) is 0 Å². The number of rotatable bonds is 10. The number of hydrogen-bond acceptors (Lipinski definition) is 7. The first-order valence-corrected chi connectivity index (χ1v) is 20.9. The van der Waals surface area contributed by atoms with Gasteiger partial charge in [0.1, 0.15) is 19.0 Å². The Balaban J connectivity index is 0.957. The van der Waals surface area contributed by atoms with Crippen molar-refractivity contribution in [1.82, 2.24) is 0 Å². The molecule has 302 valence electrons. The zero-order valence-corrected chi connectivity index (χ0v) is 34.9. The highest BCUT2D eigenvalue weighted by Gasteiger charge is 2.39. The fourth-order valence-corrected chi connectivity index (χ4v) is 9.47. The SMILES string of the molecule is COc1cc2c(cc1OCc1cc(COc3cc4c(cc3C)C(=O)N3c5ccccc5C[C@H]3CC4)cc(NC(=O)CC(C)(C)S)c1)CC[C@@H]1Cc3ccccc3N1C2=O. The molecule has 0 fully saturated rings. The van der Waals surface area contributed by atoms with E-state index >= 15 is 0 Å². The van der Waals surface area contributed by atoms with Crippen molar-refractivity contribution >= 4 is 47.4 Å². The fraction of sp³-hybridized carbons (Fsp3) is 0.327. The van der Waals surface area contributed by atoms with E-state index in [1.54, 1.807) is 7.11 Å². The van der Waals surface area contributed by atoms with Gasteiger partial charge in [0.2, 0.25) is 5.91 Å². The maximum Gasteiger partial charge on any atom is 0.258 e. The van der Waals surface area contributed by atoms with Gasteiger partial charge in [-0.2, -0.15) is 12.6 Å². The standard InChI is InChI=1S/C49H49N3O6S/c1-29-17-39-32(13-15-37-21-34-9-5-7-11-41(34)51(37)47(39)54)23-43(29)57-27-30-18-31(20-36(19-30)50-46(53)26-49(2,3)59)28-58-45-24-33-14-16-38-22-35-10-6-8-12-42(35)52(38)48(55)40(33)25-44(45)56-4/h5-12,17-20,23-25,37-38,59H,13-16,21-22,26-28H2,1-4H3,(H,50,53)/t37-,38-/m1/s1. The third-order valence-corrected chi connectivity index (χ3v) is 12.2. The van der Waals surface area contributed by atoms with Gasteiger partial charge in [-0.15, -0.1) is 0 Å². The number of benzene rings is 5. The van der Waals surface area contributed by atoms with Crippen molar-refractivity contribution in [2.75, 3.05) is 22.2 Å². The van der Waals surface area contributed by atoms with Crippen LogP contribution in [0.1, 0.15) is 92.8 Å². The summed E-state index contributed by atoms with van der Waals surface area (Å²) in [6, 6.07) is 30.2. The summed E-state index contributed by atoms with van der Waals surface area (Å²) in [5.41, 5.74) is 10.9. The van der Waals surface area contributed by atoms with E-state index in [1.807, 2.05) is 109 Å². The molecule has 4 aliphatic rings. The van der Waals surface area contributed by atoms with Crippen LogP contribution in [0.4, 0.5) is 17.1 Å². The molecule has 59 heavy (non-hydrogen) atoms. The minimum Gasteiger partial charge on any atom is -0.493 e. The lowest BCUT2D eigenvalue weighted by Crippen LogP contribution is -2.36. The highest BCUT2D eigenvalue weighted by Crippen LogP contribution is 2.42. The number of methoxy groups -OCH3 is 1. The van der Waals surface area contributed by atoms with Crippen LogP contribution in [0.2, 0.25) is 0 Å². The number of nitrogens with zero attached hydrogens (tertiary/aromatic N) is 2. The van der Waals surface area contributed by atoms with E-state index in [-0.39, 0.29) is 49.4 Å². The number of carbonyl (C=O) groups is 3. The highest BCUT2D eigenvalue weighted by molar-refractivity contribution is 7.81. The smallest absolute Gasteiger partial charge is 0.258 e. The summed E-state index contributed by atoms with van der Waals surface area (Å²) < 4.78 is 18.3. The molecule has 0 aromatic heterocycles. The van der Waals surface area contributed by atoms with E-state index in [0.29, 0.717) is 22.7 Å². The van der Waals surface area contributed by atoms with Gasteiger partial charge >= 0.3 is 0 Å². The summed E-state index contributed by atoms with van der Waals surface area (Å²) in [6.45, 7) is 6.20. The second-order valence-electron chi connectivity index (χ2n) is 17.0. The first kappa shape index (κ1) is 38.8. The molecule has 4 heterocycles. The molecule has 0 unspecified atom stereocenters. The topological polar surface area (TPSA) is 97.4 Å². The largest absolute Gasteiger partial charge is 0.493 e. The number of fused-ring (bicyclic) bond motifs is 8. The average molecular weight is 808 g/mol. The summed E-state index contributed by atoms with van der Waals surface area (Å²) in [5, 5.41) is 3.06. The third-order valence-electron chi connectivity index (χ3n) is 12.0. The Morgan fingerprint density at radius 1 is 0.712 bits per heavy atom. The monoisotopic (exact) mass is 807 g/mol. The Bertz CT molecular complexity index is 2510. The van der Waals surface area contributed by atoms with E-state index in [2.05, 4.69) is 30.1 Å². The van der Waals surface area contributed by atoms with Gasteiger partial charge in [0, 0.05) is 51.4 Å². The molecule has 0 spiro atoms. The quantitative estimate of drug-likeness (QED) is 0.137. The number of nitrogens with one attached hydrogen (secondary N) is 1. The Kier molecular flexibility index (Phi) is 10.2. The average Bonchev–Trinajstić information content (AvgIpc) is 3.70. The van der Waals surface area contributed by atoms with Crippen LogP contribution in [0.5, 0.6) is 17.2 Å². The zero-order chi connectivity index (χ0) is 41.0. The molecule has 3 amide bonds. The molecule has 1 N–H and O–H groups in total. The second kappa shape index (κ2) is 15.5. The number of anilines is 3. The predicted molar refractivity (Wildman–Crippen MR) is 234 cm³/mol. The molecular formula is C49H49N3O6S. The van der Waals surface area contributed by atoms with Crippen molar-refractivity contribution in [2.24, 2.45) is 0 Å². The van der Waals surface area contributed by atoms with E-state index in [4.69, 9.17) is 14.2 Å². The van der Waals surface area contributed by atoms with Gasteiger partial charge < -0.3 is 29.3 Å². The van der Waals surface area contributed by atoms with E-state index in [0.717, 1.165) is 89.0 Å². The molecule has 0 saturated heterocycles. The summed E-state index contributed by atoms with van der Waals surface area (Å²) in [6.07, 6.45) is 5.20. The van der Waals surface area contributed by atoms with Gasteiger partial charge in [0.25, 0.3) is 11.8 Å². The van der Waals surface area contributed by atoms with Crippen LogP contribution in [-0.4, -0.2) is 41.7 Å². The molecule has 5 aromatic carbocycles. The fourth-order valence-electron chi connectivity index (χ4n) is 9.33. The molecule has 9 rings (SSSR count). The van der Waals surface area contributed by atoms with Gasteiger partial charge in [-0.25, -0.2) is 0 Å². The Morgan fingerprint density at radius 2 is 1.24 bits per heavy atom. The van der Waals surface area contributed by atoms with E-state index < -0.39 is 4.75 Å². The van der Waals surface area contributed by atoms with Crippen LogP contribution in [0.25, 0.3) is 0 Å². The van der Waals surface area contributed by atoms with Crippen LogP contribution < -0.4 is 29.3 Å². The van der Waals surface area contributed by atoms with Crippen molar-refractivity contribution in [3.8, 4) is 17.2 Å².